The van der Waals surface area contributed by atoms with Crippen LogP contribution in [-0.2, 0) is 20.7 Å². The van der Waals surface area contributed by atoms with E-state index in [1.807, 2.05) is 17.9 Å². The number of nitrogens with one attached hydrogen (secondary N) is 3. The number of aromatic nitrogens is 1. The number of ether oxygens (including phenoxy) is 1. The van der Waals surface area contributed by atoms with Crippen molar-refractivity contribution in [2.24, 2.45) is 0 Å². The Morgan fingerprint density at radius 2 is 1.75 bits per heavy atom. The topological polar surface area (TPSA) is 87.6 Å². The van der Waals surface area contributed by atoms with Crippen molar-refractivity contribution in [2.75, 3.05) is 33.8 Å². The molecule has 238 valence electrons. The number of rotatable bonds is 11. The summed E-state index contributed by atoms with van der Waals surface area (Å²) in [5, 5.41) is 10.3. The summed E-state index contributed by atoms with van der Waals surface area (Å²) in [6.45, 7) is 5.96. The number of carbonyl (C=O) groups is 2. The maximum atomic E-state index is 14.8. The Kier molecular flexibility index (Phi) is 10.3. The molecule has 0 bridgehead atoms. The molecule has 5 rings (SSSR count). The number of piperidine rings is 1. The fraction of sp³-hybridized carbons (Fsp3) is 0.529. The highest BCUT2D eigenvalue weighted by atomic mass is 19.1. The molecule has 1 aromatic heterocycles. The lowest BCUT2D eigenvalue weighted by Crippen LogP contribution is -2.54. The molecule has 3 aromatic rings. The van der Waals surface area contributed by atoms with Gasteiger partial charge in [0.2, 0.25) is 11.8 Å². The van der Waals surface area contributed by atoms with E-state index in [2.05, 4.69) is 20.5 Å². The molecule has 0 spiro atoms. The molecular weight excluding hydrogens is 564 g/mol. The van der Waals surface area contributed by atoms with Crippen LogP contribution >= 0.6 is 0 Å². The molecule has 0 unspecified atom stereocenters. The smallest absolute Gasteiger partial charge is 0.245 e. The summed E-state index contributed by atoms with van der Waals surface area (Å²) in [6, 6.07) is 10.3. The van der Waals surface area contributed by atoms with Crippen LogP contribution < -0.4 is 16.0 Å². The average Bonchev–Trinajstić information content (AvgIpc) is 3.62. The zero-order valence-corrected chi connectivity index (χ0v) is 26.2. The van der Waals surface area contributed by atoms with E-state index < -0.39 is 12.1 Å². The van der Waals surface area contributed by atoms with Crippen LogP contribution in [-0.4, -0.2) is 79.3 Å². The Bertz CT molecular complexity index is 1450. The van der Waals surface area contributed by atoms with E-state index in [0.29, 0.717) is 19.4 Å². The fourth-order valence-electron chi connectivity index (χ4n) is 6.78. The molecule has 4 atom stereocenters. The van der Waals surface area contributed by atoms with Crippen molar-refractivity contribution in [1.29, 1.82) is 0 Å². The Morgan fingerprint density at radius 3 is 2.43 bits per heavy atom. The van der Waals surface area contributed by atoms with Gasteiger partial charge < -0.3 is 30.2 Å². The highest BCUT2D eigenvalue weighted by Crippen LogP contribution is 2.41. The maximum Gasteiger partial charge on any atom is 0.245 e. The van der Waals surface area contributed by atoms with Gasteiger partial charge >= 0.3 is 0 Å². The third-order valence-electron chi connectivity index (χ3n) is 9.37. The van der Waals surface area contributed by atoms with E-state index in [-0.39, 0.29) is 41.6 Å². The predicted octanol–water partition coefficient (Wildman–Crippen LogP) is 4.56. The number of halogens is 2. The molecule has 3 N–H and O–H groups in total. The fourth-order valence-corrected chi connectivity index (χ4v) is 6.78. The number of likely N-dealkylation sites (N-methyl/N-ethyl adjacent to an activating group) is 1. The number of amides is 2. The zero-order chi connectivity index (χ0) is 31.4. The number of likely N-dealkylation sites (tertiary alicyclic amines) is 1. The number of benzene rings is 2. The van der Waals surface area contributed by atoms with Gasteiger partial charge in [-0.15, -0.1) is 0 Å². The largest absolute Gasteiger partial charge is 0.382 e. The van der Waals surface area contributed by atoms with Crippen molar-refractivity contribution in [3.05, 3.63) is 59.7 Å². The number of nitrogens with zero attached hydrogens (tertiary/aromatic N) is 2. The van der Waals surface area contributed by atoms with Crippen LogP contribution in [0.3, 0.4) is 0 Å². The molecule has 0 radical (unpaired) electrons. The van der Waals surface area contributed by atoms with Crippen molar-refractivity contribution in [3.8, 4) is 11.3 Å². The molecule has 0 saturated carbocycles. The van der Waals surface area contributed by atoms with Gasteiger partial charge in [0, 0.05) is 37.5 Å². The van der Waals surface area contributed by atoms with Crippen molar-refractivity contribution < 1.29 is 23.1 Å². The second kappa shape index (κ2) is 14.2. The van der Waals surface area contributed by atoms with E-state index in [1.165, 1.54) is 18.2 Å². The van der Waals surface area contributed by atoms with Crippen LogP contribution in [0.25, 0.3) is 22.2 Å². The monoisotopic (exact) mass is 609 g/mol. The van der Waals surface area contributed by atoms with Gasteiger partial charge in [-0.2, -0.15) is 0 Å². The lowest BCUT2D eigenvalue weighted by atomic mass is 9.96. The highest BCUT2D eigenvalue weighted by Gasteiger charge is 2.37. The molecule has 44 heavy (non-hydrogen) atoms. The molecule has 2 fully saturated rings. The number of fused-ring (bicyclic) bond motifs is 1. The van der Waals surface area contributed by atoms with Gasteiger partial charge in [0.05, 0.1) is 23.4 Å². The van der Waals surface area contributed by atoms with E-state index >= 15 is 0 Å². The molecule has 2 aliphatic rings. The summed E-state index contributed by atoms with van der Waals surface area (Å²) in [4.78, 5) is 28.9. The van der Waals surface area contributed by atoms with Crippen LogP contribution in [0.1, 0.15) is 57.6 Å². The third kappa shape index (κ3) is 6.82. The van der Waals surface area contributed by atoms with Gasteiger partial charge in [0.15, 0.2) is 0 Å². The Balaban J connectivity index is 1.55. The van der Waals surface area contributed by atoms with Gasteiger partial charge in [-0.3, -0.25) is 9.59 Å². The number of methoxy groups -OCH3 is 1. The molecule has 10 heteroatoms. The molecule has 2 amide bonds. The number of carbonyl (C=O) groups excluding carboxylic acids is 2. The predicted molar refractivity (Wildman–Crippen MR) is 168 cm³/mol. The van der Waals surface area contributed by atoms with Crippen molar-refractivity contribution in [3.63, 3.8) is 0 Å². The van der Waals surface area contributed by atoms with Gasteiger partial charge in [0.1, 0.15) is 17.7 Å². The average molecular weight is 610 g/mol. The molecule has 2 saturated heterocycles. The first kappa shape index (κ1) is 32.1. The minimum Gasteiger partial charge on any atom is -0.382 e. The third-order valence-corrected chi connectivity index (χ3v) is 9.37. The zero-order valence-electron chi connectivity index (χ0n) is 26.2. The van der Waals surface area contributed by atoms with Crippen LogP contribution in [0.5, 0.6) is 0 Å². The summed E-state index contributed by atoms with van der Waals surface area (Å²) in [6.07, 6.45) is 4.14. The SMILES string of the molecule is CN[C@@H](C)C(=O)N[C@@H](C[C@H](C)OC)C(=O)N1CCC[C@H]1Cc1c(-c2ccc(F)cc2)n(C2CCNCC2)c2cc(F)ccc12. The maximum absolute atomic E-state index is 14.8. The number of hydrogen-bond acceptors (Lipinski definition) is 5. The second-order valence-corrected chi connectivity index (χ2v) is 12.2. The molecule has 0 aliphatic carbocycles. The Labute approximate surface area is 258 Å². The molecular formula is C34H45F2N5O3. The van der Waals surface area contributed by atoms with Crippen LogP contribution in [0.15, 0.2) is 42.5 Å². The Hall–Kier alpha value is -3.34. The number of hydrogen-bond donors (Lipinski definition) is 3. The Morgan fingerprint density at radius 1 is 1.05 bits per heavy atom. The summed E-state index contributed by atoms with van der Waals surface area (Å²) >= 11 is 0. The summed E-state index contributed by atoms with van der Waals surface area (Å²) < 4.78 is 36.6. The molecule has 2 aromatic carbocycles. The van der Waals surface area contributed by atoms with Crippen molar-refractivity contribution in [1.82, 2.24) is 25.4 Å². The molecule has 8 nitrogen and oxygen atoms in total. The minimum absolute atomic E-state index is 0.113. The first-order valence-electron chi connectivity index (χ1n) is 15.8. The summed E-state index contributed by atoms with van der Waals surface area (Å²) in [5.41, 5.74) is 3.68. The van der Waals surface area contributed by atoms with Gasteiger partial charge in [-0.25, -0.2) is 8.78 Å². The van der Waals surface area contributed by atoms with Gasteiger partial charge in [-0.1, -0.05) is 0 Å². The quantitative estimate of drug-likeness (QED) is 0.297. The van der Waals surface area contributed by atoms with Crippen molar-refractivity contribution in [2.45, 2.75) is 82.6 Å². The van der Waals surface area contributed by atoms with Crippen LogP contribution in [0.2, 0.25) is 0 Å². The van der Waals surface area contributed by atoms with Gasteiger partial charge in [-0.05, 0) is 120 Å². The van der Waals surface area contributed by atoms with E-state index in [9.17, 15) is 18.4 Å². The first-order chi connectivity index (χ1) is 21.2. The van der Waals surface area contributed by atoms with E-state index in [1.54, 1.807) is 39.3 Å². The van der Waals surface area contributed by atoms with Crippen LogP contribution in [0, 0.1) is 11.6 Å². The summed E-state index contributed by atoms with van der Waals surface area (Å²) in [7, 11) is 3.31. The van der Waals surface area contributed by atoms with E-state index in [0.717, 1.165) is 66.5 Å². The molecule has 3 heterocycles. The first-order valence-corrected chi connectivity index (χ1v) is 15.8. The minimum atomic E-state index is -0.726. The van der Waals surface area contributed by atoms with Gasteiger partial charge in [0.25, 0.3) is 0 Å². The normalized spacial score (nSPS) is 19.7. The van der Waals surface area contributed by atoms with Crippen molar-refractivity contribution >= 4 is 22.7 Å². The highest BCUT2D eigenvalue weighted by molar-refractivity contribution is 5.93. The second-order valence-electron chi connectivity index (χ2n) is 12.2. The molecule has 2 aliphatic heterocycles. The lowest BCUT2D eigenvalue weighted by Gasteiger charge is -2.31. The summed E-state index contributed by atoms with van der Waals surface area (Å²) in [5.74, 6) is -0.980. The van der Waals surface area contributed by atoms with E-state index in [4.69, 9.17) is 4.74 Å². The van der Waals surface area contributed by atoms with Crippen LogP contribution in [0.4, 0.5) is 8.78 Å². The standard InChI is InChI=1S/C34H45F2N5O3/c1-21(44-4)18-30(39-33(42)22(2)37-3)34(43)40-17-5-6-27(40)20-29-28-12-11-25(36)19-31(28)41(26-13-15-38-16-14-26)32(29)23-7-9-24(35)10-8-23/h7-12,19,21-22,26-27,30,37-38H,5-6,13-18,20H2,1-4H3,(H,39,42)/t21-,22-,27-,30-/m0/s1. The lowest BCUT2D eigenvalue weighted by molar-refractivity contribution is -0.138.